The number of carbonyl (C=O) groups is 2. The van der Waals surface area contributed by atoms with E-state index >= 15 is 0 Å². The number of rotatable bonds is 8. The third-order valence-electron chi connectivity index (χ3n) is 11.5. The number of carboxylic acid groups (broad SMARTS) is 1. The van der Waals surface area contributed by atoms with E-state index in [4.69, 9.17) is 37.3 Å². The van der Waals surface area contributed by atoms with E-state index in [-0.39, 0.29) is 17.7 Å². The van der Waals surface area contributed by atoms with Crippen molar-refractivity contribution in [3.8, 4) is 5.75 Å². The third kappa shape index (κ3) is 9.53. The van der Waals surface area contributed by atoms with Crippen LogP contribution in [-0.2, 0) is 21.4 Å². The van der Waals surface area contributed by atoms with Gasteiger partial charge in [-0.2, -0.15) is 0 Å². The van der Waals surface area contributed by atoms with E-state index in [0.29, 0.717) is 47.7 Å². The third-order valence-corrected chi connectivity index (χ3v) is 11.7. The SMILES string of the molecule is Cc1cc(Cl)cc2c1OCCC2C(=O)O.NC(=O)C(Cc1ccco1)(c1ccccc1)C1CCNCC1c1ccccc1.NC1CCNCC1c1ccccc1. The maximum absolute atomic E-state index is 13.2. The first-order valence-corrected chi connectivity index (χ1v) is 19.9. The van der Waals surface area contributed by atoms with E-state index in [9.17, 15) is 9.59 Å². The van der Waals surface area contributed by atoms with Crippen molar-refractivity contribution in [1.29, 1.82) is 0 Å². The fraction of sp³-hybridized carbons (Fsp3) is 0.348. The Balaban J connectivity index is 0.000000159. The van der Waals surface area contributed by atoms with Gasteiger partial charge in [0.2, 0.25) is 5.91 Å². The van der Waals surface area contributed by atoms with Crippen LogP contribution in [0.4, 0.5) is 0 Å². The zero-order valence-corrected chi connectivity index (χ0v) is 32.7. The van der Waals surface area contributed by atoms with E-state index in [1.807, 2.05) is 61.5 Å². The number of halogens is 1. The highest BCUT2D eigenvalue weighted by Gasteiger charge is 2.50. The Kier molecular flexibility index (Phi) is 14.0. The van der Waals surface area contributed by atoms with E-state index in [1.54, 1.807) is 18.4 Å². The number of hydrogen-bond acceptors (Lipinski definition) is 7. The van der Waals surface area contributed by atoms with Crippen molar-refractivity contribution in [1.82, 2.24) is 10.6 Å². The first kappa shape index (κ1) is 40.7. The van der Waals surface area contributed by atoms with Crippen molar-refractivity contribution < 1.29 is 23.8 Å². The highest BCUT2D eigenvalue weighted by Crippen LogP contribution is 2.46. The summed E-state index contributed by atoms with van der Waals surface area (Å²) in [7, 11) is 0. The van der Waals surface area contributed by atoms with Gasteiger partial charge < -0.3 is 36.4 Å². The van der Waals surface area contributed by atoms with Crippen LogP contribution in [0.2, 0.25) is 5.02 Å². The first-order chi connectivity index (χ1) is 27.2. The van der Waals surface area contributed by atoms with Gasteiger partial charge in [0.1, 0.15) is 11.5 Å². The van der Waals surface area contributed by atoms with Gasteiger partial charge in [0.05, 0.1) is 24.2 Å². The molecule has 6 atom stereocenters. The number of nitrogens with two attached hydrogens (primary N) is 2. The maximum Gasteiger partial charge on any atom is 0.311 e. The quantitative estimate of drug-likeness (QED) is 0.110. The van der Waals surface area contributed by atoms with Gasteiger partial charge in [0, 0.05) is 48.0 Å². The van der Waals surface area contributed by atoms with Crippen LogP contribution in [-0.4, -0.2) is 55.8 Å². The Labute approximate surface area is 334 Å². The Morgan fingerprint density at radius 3 is 2.02 bits per heavy atom. The Hall–Kier alpha value is -4.93. The lowest BCUT2D eigenvalue weighted by Gasteiger charge is -2.45. The lowest BCUT2D eigenvalue weighted by Crippen LogP contribution is -2.54. The van der Waals surface area contributed by atoms with Gasteiger partial charge in [-0.05, 0) is 91.7 Å². The average Bonchev–Trinajstić information content (AvgIpc) is 3.74. The highest BCUT2D eigenvalue weighted by molar-refractivity contribution is 6.30. The van der Waals surface area contributed by atoms with Gasteiger partial charge >= 0.3 is 5.97 Å². The Bertz CT molecular complexity index is 2000. The molecule has 1 amide bonds. The smallest absolute Gasteiger partial charge is 0.311 e. The number of hydrogen-bond donors (Lipinski definition) is 5. The molecule has 5 aromatic rings. The minimum Gasteiger partial charge on any atom is -0.493 e. The topological polar surface area (TPSA) is 153 Å². The van der Waals surface area contributed by atoms with Crippen molar-refractivity contribution in [2.24, 2.45) is 17.4 Å². The van der Waals surface area contributed by atoms with Gasteiger partial charge in [-0.3, -0.25) is 9.59 Å². The minimum absolute atomic E-state index is 0.0705. The number of carboxylic acids is 1. The van der Waals surface area contributed by atoms with Crippen LogP contribution in [0.15, 0.2) is 126 Å². The molecule has 1 aromatic heterocycles. The van der Waals surface area contributed by atoms with Gasteiger partial charge in [0.15, 0.2) is 0 Å². The van der Waals surface area contributed by atoms with Gasteiger partial charge in [-0.15, -0.1) is 0 Å². The fourth-order valence-corrected chi connectivity index (χ4v) is 8.91. The van der Waals surface area contributed by atoms with Crippen molar-refractivity contribution in [3.63, 3.8) is 0 Å². The van der Waals surface area contributed by atoms with Crippen LogP contribution in [0.25, 0.3) is 0 Å². The summed E-state index contributed by atoms with van der Waals surface area (Å²) in [6.07, 6.45) is 4.58. The maximum atomic E-state index is 13.2. The largest absolute Gasteiger partial charge is 0.493 e. The second kappa shape index (κ2) is 19.3. The predicted molar refractivity (Wildman–Crippen MR) is 221 cm³/mol. The van der Waals surface area contributed by atoms with E-state index in [1.165, 1.54) is 11.1 Å². The molecule has 0 aliphatic carbocycles. The first-order valence-electron chi connectivity index (χ1n) is 19.5. The molecule has 4 aromatic carbocycles. The molecule has 0 spiro atoms. The number of nitrogens with one attached hydrogen (secondary N) is 2. The summed E-state index contributed by atoms with van der Waals surface area (Å²) >= 11 is 5.90. The van der Waals surface area contributed by atoms with Crippen LogP contribution < -0.4 is 26.8 Å². The molecule has 2 saturated heterocycles. The molecule has 8 rings (SSSR count). The summed E-state index contributed by atoms with van der Waals surface area (Å²) in [5.41, 5.74) is 16.6. The molecule has 9 nitrogen and oxygen atoms in total. The standard InChI is InChI=1S/C24H26N2O2.C11H11ClO3.C11H16N2/c25-23(27)24(16-20-12-7-15-28-20,19-10-5-2-6-11-19)22-13-14-26-17-21(22)18-8-3-1-4-9-18;1-6-4-7(12)5-9-8(11(13)14)2-3-15-10(6)9;12-11-6-7-13-8-10(11)9-4-2-1-3-5-9/h1-12,15,21-22,26H,13-14,16-17H2,(H2,25,27);4-5,8H,2-3H2,1H3,(H,13,14);1-5,10-11,13H,6-8,12H2. The number of carbonyl (C=O) groups excluding carboxylic acids is 1. The molecule has 0 radical (unpaired) electrons. The summed E-state index contributed by atoms with van der Waals surface area (Å²) in [5, 5.41) is 16.5. The van der Waals surface area contributed by atoms with Gasteiger partial charge in [-0.1, -0.05) is 103 Å². The second-order valence-corrected chi connectivity index (χ2v) is 15.4. The van der Waals surface area contributed by atoms with E-state index < -0.39 is 17.3 Å². The molecule has 294 valence electrons. The number of fused-ring (bicyclic) bond motifs is 1. The molecular formula is C46H53ClN4O5. The Morgan fingerprint density at radius 2 is 1.43 bits per heavy atom. The molecule has 3 aliphatic heterocycles. The molecular weight excluding hydrogens is 724 g/mol. The monoisotopic (exact) mass is 776 g/mol. The van der Waals surface area contributed by atoms with Gasteiger partial charge in [-0.25, -0.2) is 0 Å². The zero-order valence-electron chi connectivity index (χ0n) is 31.9. The molecule has 2 fully saturated rings. The molecule has 3 aliphatic rings. The van der Waals surface area contributed by atoms with Crippen molar-refractivity contribution in [2.75, 3.05) is 32.8 Å². The van der Waals surface area contributed by atoms with E-state index in [0.717, 1.165) is 55.9 Å². The predicted octanol–water partition coefficient (Wildman–Crippen LogP) is 7.33. The molecule has 6 unspecified atom stereocenters. The number of ether oxygens (including phenoxy) is 1. The molecule has 10 heteroatoms. The van der Waals surface area contributed by atoms with Crippen LogP contribution in [0, 0.1) is 12.8 Å². The van der Waals surface area contributed by atoms with Crippen LogP contribution in [0.5, 0.6) is 5.75 Å². The summed E-state index contributed by atoms with van der Waals surface area (Å²) in [4.78, 5) is 24.2. The molecule has 56 heavy (non-hydrogen) atoms. The average molecular weight is 777 g/mol. The number of aryl methyl sites for hydroxylation is 1. The summed E-state index contributed by atoms with van der Waals surface area (Å²) in [5.74, 6) is 0.620. The number of furan rings is 1. The second-order valence-electron chi connectivity index (χ2n) is 14.9. The number of aliphatic carboxylic acids is 1. The molecule has 7 N–H and O–H groups in total. The van der Waals surface area contributed by atoms with Crippen LogP contribution in [0.3, 0.4) is 0 Å². The minimum atomic E-state index is -0.832. The van der Waals surface area contributed by atoms with Gasteiger partial charge in [0.25, 0.3) is 0 Å². The number of piperidine rings is 2. The normalized spacial score (nSPS) is 22.7. The highest BCUT2D eigenvalue weighted by atomic mass is 35.5. The lowest BCUT2D eigenvalue weighted by molar-refractivity contribution is -0.139. The molecule has 0 bridgehead atoms. The number of amides is 1. The summed E-state index contributed by atoms with van der Waals surface area (Å²) in [6, 6.07) is 38.5. The number of primary amides is 1. The van der Waals surface area contributed by atoms with Crippen LogP contribution in [0.1, 0.15) is 70.6 Å². The van der Waals surface area contributed by atoms with Crippen LogP contribution >= 0.6 is 11.6 Å². The zero-order chi connectivity index (χ0) is 39.5. The molecule has 0 saturated carbocycles. The summed E-state index contributed by atoms with van der Waals surface area (Å²) in [6.45, 7) is 6.10. The number of benzene rings is 4. The lowest BCUT2D eigenvalue weighted by atomic mass is 9.59. The Morgan fingerprint density at radius 1 is 0.821 bits per heavy atom. The molecule has 4 heterocycles. The summed E-state index contributed by atoms with van der Waals surface area (Å²) < 4.78 is 11.1. The van der Waals surface area contributed by atoms with Crippen molar-refractivity contribution in [3.05, 3.63) is 160 Å². The van der Waals surface area contributed by atoms with E-state index in [2.05, 4.69) is 59.2 Å². The van der Waals surface area contributed by atoms with Crippen molar-refractivity contribution in [2.45, 2.75) is 61.8 Å². The fourth-order valence-electron chi connectivity index (χ4n) is 8.63. The van der Waals surface area contributed by atoms with Crippen molar-refractivity contribution >= 4 is 23.5 Å².